The smallest absolute Gasteiger partial charge is 0.165 e. The first-order chi connectivity index (χ1) is 13.6. The van der Waals surface area contributed by atoms with Crippen molar-refractivity contribution in [3.05, 3.63) is 45.9 Å². The third-order valence-electron chi connectivity index (χ3n) is 5.04. The molecule has 0 saturated carbocycles. The van der Waals surface area contributed by atoms with E-state index in [-0.39, 0.29) is 6.04 Å². The van der Waals surface area contributed by atoms with Gasteiger partial charge in [-0.2, -0.15) is 0 Å². The van der Waals surface area contributed by atoms with Gasteiger partial charge in [0.2, 0.25) is 0 Å². The predicted octanol–water partition coefficient (Wildman–Crippen LogP) is 3.48. The largest absolute Gasteiger partial charge is 0.493 e. The Hall–Kier alpha value is -1.96. The molecule has 6 nitrogen and oxygen atoms in total. The van der Waals surface area contributed by atoms with Gasteiger partial charge in [-0.1, -0.05) is 28.1 Å². The average molecular weight is 451 g/mol. The summed E-state index contributed by atoms with van der Waals surface area (Å²) in [5.74, 6) is 2.85. The lowest BCUT2D eigenvalue weighted by Crippen LogP contribution is -2.45. The third kappa shape index (κ3) is 4.06. The number of ether oxygens (including phenoxy) is 4. The zero-order valence-electron chi connectivity index (χ0n) is 16.8. The van der Waals surface area contributed by atoms with Crippen molar-refractivity contribution in [1.82, 2.24) is 10.2 Å². The zero-order valence-corrected chi connectivity index (χ0v) is 18.3. The summed E-state index contributed by atoms with van der Waals surface area (Å²) in [5, 5.41) is 3.43. The lowest BCUT2D eigenvalue weighted by Gasteiger charge is -2.37. The number of piperazine rings is 1. The molecule has 1 heterocycles. The highest BCUT2D eigenvalue weighted by molar-refractivity contribution is 9.10. The monoisotopic (exact) mass is 450 g/mol. The Morgan fingerprint density at radius 2 is 1.50 bits per heavy atom. The summed E-state index contributed by atoms with van der Waals surface area (Å²) in [5.41, 5.74) is 2.14. The van der Waals surface area contributed by atoms with Crippen LogP contribution in [0.1, 0.15) is 17.2 Å². The summed E-state index contributed by atoms with van der Waals surface area (Å²) in [7, 11) is 6.64. The molecular weight excluding hydrogens is 424 g/mol. The van der Waals surface area contributed by atoms with Gasteiger partial charge in [0.05, 0.1) is 34.5 Å². The van der Waals surface area contributed by atoms with Crippen molar-refractivity contribution in [2.24, 2.45) is 0 Å². The summed E-state index contributed by atoms with van der Waals surface area (Å²) in [6.45, 7) is 3.72. The molecule has 0 spiro atoms. The second-order valence-electron chi connectivity index (χ2n) is 6.50. The van der Waals surface area contributed by atoms with E-state index < -0.39 is 0 Å². The van der Waals surface area contributed by atoms with Crippen LogP contribution in [0.25, 0.3) is 0 Å². The molecular formula is C21H27BrN2O4. The number of nitrogens with zero attached hydrogens (tertiary/aromatic N) is 1. The topological polar surface area (TPSA) is 52.2 Å². The first-order valence-corrected chi connectivity index (χ1v) is 10.0. The van der Waals surface area contributed by atoms with Crippen molar-refractivity contribution in [1.29, 1.82) is 0 Å². The second kappa shape index (κ2) is 9.49. The molecule has 0 aromatic heterocycles. The Morgan fingerprint density at radius 1 is 0.857 bits per heavy atom. The minimum atomic E-state index is -0.0265. The van der Waals surface area contributed by atoms with Crippen molar-refractivity contribution in [2.45, 2.75) is 6.04 Å². The van der Waals surface area contributed by atoms with Gasteiger partial charge in [-0.3, -0.25) is 4.90 Å². The molecule has 1 fully saturated rings. The van der Waals surface area contributed by atoms with Gasteiger partial charge in [0.25, 0.3) is 0 Å². The van der Waals surface area contributed by atoms with Crippen LogP contribution in [-0.2, 0) is 0 Å². The van der Waals surface area contributed by atoms with E-state index in [0.717, 1.165) is 53.3 Å². The molecule has 1 unspecified atom stereocenters. The number of halogens is 1. The fourth-order valence-electron chi connectivity index (χ4n) is 3.71. The zero-order chi connectivity index (χ0) is 20.1. The lowest BCUT2D eigenvalue weighted by molar-refractivity contribution is 0.194. The maximum absolute atomic E-state index is 5.76. The molecule has 3 rings (SSSR count). The standard InChI is InChI=1S/C21H27BrN2O4/c1-25-17-7-5-6-14(21(17)28-4)20(24-10-8-23-9-11-24)15-12-18(26-2)19(27-3)13-16(15)22/h5-7,12-13,20,23H,8-11H2,1-4H3. The molecule has 1 atom stereocenters. The van der Waals surface area contributed by atoms with Crippen molar-refractivity contribution in [3.8, 4) is 23.0 Å². The number of rotatable bonds is 7. The molecule has 1 aliphatic rings. The second-order valence-corrected chi connectivity index (χ2v) is 7.35. The predicted molar refractivity (Wildman–Crippen MR) is 113 cm³/mol. The minimum Gasteiger partial charge on any atom is -0.493 e. The van der Waals surface area contributed by atoms with E-state index in [1.807, 2.05) is 24.3 Å². The van der Waals surface area contributed by atoms with E-state index in [9.17, 15) is 0 Å². The molecule has 7 heteroatoms. The summed E-state index contributed by atoms with van der Waals surface area (Å²) in [4.78, 5) is 2.44. The Labute approximate surface area is 174 Å². The third-order valence-corrected chi connectivity index (χ3v) is 5.73. The SMILES string of the molecule is COc1cc(Br)c(C(c2cccc(OC)c2OC)N2CCNCC2)cc1OC. The van der Waals surface area contributed by atoms with Crippen LogP contribution in [0.4, 0.5) is 0 Å². The van der Waals surface area contributed by atoms with Gasteiger partial charge in [-0.25, -0.2) is 0 Å². The Kier molecular flexibility index (Phi) is 7.04. The molecule has 1 aliphatic heterocycles. The molecule has 0 aliphatic carbocycles. The number of methoxy groups -OCH3 is 4. The number of benzene rings is 2. The van der Waals surface area contributed by atoms with Gasteiger partial charge in [-0.05, 0) is 23.8 Å². The van der Waals surface area contributed by atoms with Crippen molar-refractivity contribution in [2.75, 3.05) is 54.6 Å². The maximum Gasteiger partial charge on any atom is 0.165 e. The van der Waals surface area contributed by atoms with Crippen LogP contribution in [-0.4, -0.2) is 59.5 Å². The molecule has 2 aromatic carbocycles. The maximum atomic E-state index is 5.76. The molecule has 0 bridgehead atoms. The van der Waals surface area contributed by atoms with Gasteiger partial charge in [0.1, 0.15) is 0 Å². The van der Waals surface area contributed by atoms with Gasteiger partial charge in [-0.15, -0.1) is 0 Å². The van der Waals surface area contributed by atoms with Gasteiger partial charge in [0.15, 0.2) is 23.0 Å². The number of hydrogen-bond acceptors (Lipinski definition) is 6. The summed E-state index contributed by atoms with van der Waals surface area (Å²) < 4.78 is 23.3. The highest BCUT2D eigenvalue weighted by atomic mass is 79.9. The highest BCUT2D eigenvalue weighted by Gasteiger charge is 2.30. The van der Waals surface area contributed by atoms with Gasteiger partial charge < -0.3 is 24.3 Å². The Balaban J connectivity index is 2.19. The normalized spacial score (nSPS) is 15.8. The van der Waals surface area contributed by atoms with Crippen LogP contribution < -0.4 is 24.3 Å². The molecule has 0 amide bonds. The van der Waals surface area contributed by atoms with E-state index in [4.69, 9.17) is 18.9 Å². The van der Waals surface area contributed by atoms with Crippen LogP contribution in [0, 0.1) is 0 Å². The summed E-state index contributed by atoms with van der Waals surface area (Å²) >= 11 is 3.75. The Bertz CT molecular complexity index is 809. The molecule has 0 radical (unpaired) electrons. The van der Waals surface area contributed by atoms with E-state index in [2.05, 4.69) is 32.2 Å². The number of para-hydroxylation sites is 1. The first-order valence-electron chi connectivity index (χ1n) is 9.21. The highest BCUT2D eigenvalue weighted by Crippen LogP contribution is 2.44. The molecule has 2 aromatic rings. The lowest BCUT2D eigenvalue weighted by atomic mass is 9.94. The average Bonchev–Trinajstić information content (AvgIpc) is 2.75. The van der Waals surface area contributed by atoms with E-state index in [1.54, 1.807) is 28.4 Å². The van der Waals surface area contributed by atoms with Gasteiger partial charge in [0, 0.05) is 36.2 Å². The van der Waals surface area contributed by atoms with Crippen molar-refractivity contribution >= 4 is 15.9 Å². The number of hydrogen-bond donors (Lipinski definition) is 1. The van der Waals surface area contributed by atoms with Crippen LogP contribution in [0.5, 0.6) is 23.0 Å². The van der Waals surface area contributed by atoms with Crippen LogP contribution in [0.15, 0.2) is 34.8 Å². The summed E-state index contributed by atoms with van der Waals surface area (Å²) in [6, 6.07) is 9.98. The molecule has 28 heavy (non-hydrogen) atoms. The number of nitrogens with one attached hydrogen (secondary N) is 1. The first kappa shape index (κ1) is 20.8. The minimum absolute atomic E-state index is 0.0265. The van der Waals surface area contributed by atoms with Crippen molar-refractivity contribution < 1.29 is 18.9 Å². The van der Waals surface area contributed by atoms with E-state index in [0.29, 0.717) is 11.5 Å². The van der Waals surface area contributed by atoms with E-state index in [1.165, 1.54) is 0 Å². The van der Waals surface area contributed by atoms with Crippen LogP contribution in [0.2, 0.25) is 0 Å². The van der Waals surface area contributed by atoms with E-state index >= 15 is 0 Å². The molecule has 1 saturated heterocycles. The fourth-order valence-corrected chi connectivity index (χ4v) is 4.25. The van der Waals surface area contributed by atoms with Crippen LogP contribution in [0.3, 0.4) is 0 Å². The quantitative estimate of drug-likeness (QED) is 0.696. The Morgan fingerprint density at radius 3 is 2.11 bits per heavy atom. The molecule has 152 valence electrons. The fraction of sp³-hybridized carbons (Fsp3) is 0.429. The van der Waals surface area contributed by atoms with Crippen LogP contribution >= 0.6 is 15.9 Å². The van der Waals surface area contributed by atoms with Crippen molar-refractivity contribution in [3.63, 3.8) is 0 Å². The summed E-state index contributed by atoms with van der Waals surface area (Å²) in [6.07, 6.45) is 0. The van der Waals surface area contributed by atoms with Gasteiger partial charge >= 0.3 is 0 Å². The molecule has 1 N–H and O–H groups in total.